The first-order valence-electron chi connectivity index (χ1n) is 33.7. The lowest BCUT2D eigenvalue weighted by molar-refractivity contribution is 0.660. The molecule has 0 fully saturated rings. The van der Waals surface area contributed by atoms with E-state index in [1.54, 1.807) is 0 Å². The molecule has 5 nitrogen and oxygen atoms in total. The average molecular weight is 1220 g/mol. The standard InChI is InChI=1S/C89H70BN5/c1-51-43-53(3)86(54(4)44-51)90(87-55(5)45-52(2)46-56(87)6)57-47-80(94-74-33-21-15-27-64(74)84-78(94)41-39-76-82(84)62-25-13-19-31-72(62)92(76)58-35-37-70-66(49-58)60-23-11-17-29-68(60)88(70,7)8)91-81(48-57)95-75-34-22-16-28-65(75)85-79(95)42-40-77-83(85)63-26-14-20-32-73(63)93(77)59-36-38-71-67(50-59)61-24-12-18-30-69(61)89(71,9)10/h11-50H,1-10H3. The lowest BCUT2D eigenvalue weighted by Gasteiger charge is -2.26. The van der Waals surface area contributed by atoms with Gasteiger partial charge < -0.3 is 9.13 Å². The van der Waals surface area contributed by atoms with Crippen LogP contribution in [0.3, 0.4) is 0 Å². The summed E-state index contributed by atoms with van der Waals surface area (Å²) >= 11 is 0. The van der Waals surface area contributed by atoms with Crippen LogP contribution in [-0.2, 0) is 10.8 Å². The number of rotatable bonds is 7. The minimum atomic E-state index is -0.137. The number of benzene rings is 12. The highest BCUT2D eigenvalue weighted by Crippen LogP contribution is 2.52. The van der Waals surface area contributed by atoms with Gasteiger partial charge in [-0.05, 0) is 171 Å². The van der Waals surface area contributed by atoms with E-state index in [4.69, 9.17) is 4.98 Å². The Balaban J connectivity index is 0.901. The maximum atomic E-state index is 6.14. The van der Waals surface area contributed by atoms with Crippen molar-refractivity contribution in [2.75, 3.05) is 0 Å². The number of nitrogens with zero attached hydrogens (tertiary/aromatic N) is 5. The minimum absolute atomic E-state index is 0.0918. The zero-order valence-electron chi connectivity index (χ0n) is 55.4. The molecule has 0 unspecified atom stereocenters. The highest BCUT2D eigenvalue weighted by Gasteiger charge is 2.38. The number of aryl methyl sites for hydroxylation is 6. The van der Waals surface area contributed by atoms with Gasteiger partial charge in [-0.25, -0.2) is 4.98 Å². The molecule has 0 saturated carbocycles. The van der Waals surface area contributed by atoms with Gasteiger partial charge >= 0.3 is 0 Å². The summed E-state index contributed by atoms with van der Waals surface area (Å²) in [6, 6.07) is 92.3. The second-order valence-electron chi connectivity index (χ2n) is 28.6. The molecule has 0 radical (unpaired) electrons. The zero-order chi connectivity index (χ0) is 64.2. The van der Waals surface area contributed by atoms with E-state index in [0.29, 0.717) is 0 Å². The maximum Gasteiger partial charge on any atom is 0.242 e. The monoisotopic (exact) mass is 1220 g/mol. The summed E-state index contributed by atoms with van der Waals surface area (Å²) in [5, 5.41) is 9.72. The molecule has 2 aliphatic carbocycles. The van der Waals surface area contributed by atoms with E-state index < -0.39 is 0 Å². The first kappa shape index (κ1) is 55.7. The molecule has 2 aliphatic rings. The molecule has 5 heterocycles. The molecule has 0 aliphatic heterocycles. The molecule has 17 aromatic rings. The van der Waals surface area contributed by atoms with Crippen LogP contribution in [0.5, 0.6) is 0 Å². The van der Waals surface area contributed by atoms with Crippen molar-refractivity contribution >= 4 is 110 Å². The summed E-state index contributed by atoms with van der Waals surface area (Å²) in [6.45, 7) is 23.1. The molecule has 6 heteroatoms. The van der Waals surface area contributed by atoms with Crippen molar-refractivity contribution < 1.29 is 0 Å². The van der Waals surface area contributed by atoms with Crippen LogP contribution in [0, 0.1) is 41.5 Å². The van der Waals surface area contributed by atoms with Gasteiger partial charge in [-0.1, -0.05) is 235 Å². The largest absolute Gasteiger partial charge is 0.309 e. The maximum absolute atomic E-state index is 6.14. The summed E-state index contributed by atoms with van der Waals surface area (Å²) in [5.41, 5.74) is 33.6. The fraction of sp³-hybridized carbons (Fsp3) is 0.135. The van der Waals surface area contributed by atoms with Crippen LogP contribution < -0.4 is 16.4 Å². The molecule has 0 atom stereocenters. The molecule has 95 heavy (non-hydrogen) atoms. The molecule has 0 saturated heterocycles. The number of hydrogen-bond donors (Lipinski definition) is 0. The van der Waals surface area contributed by atoms with Crippen LogP contribution in [0.2, 0.25) is 0 Å². The van der Waals surface area contributed by atoms with E-state index in [0.717, 1.165) is 45.1 Å². The molecule has 12 aromatic carbocycles. The van der Waals surface area contributed by atoms with Crippen LogP contribution in [-0.4, -0.2) is 30.0 Å². The highest BCUT2D eigenvalue weighted by atomic mass is 15.1. The smallest absolute Gasteiger partial charge is 0.242 e. The Hall–Kier alpha value is -10.9. The first-order valence-corrected chi connectivity index (χ1v) is 33.7. The third kappa shape index (κ3) is 7.65. The van der Waals surface area contributed by atoms with Gasteiger partial charge in [-0.15, -0.1) is 0 Å². The van der Waals surface area contributed by atoms with Crippen LogP contribution in [0.1, 0.15) is 83.3 Å². The Morgan fingerprint density at radius 1 is 0.284 bits per heavy atom. The SMILES string of the molecule is Cc1cc(C)c(B(c2cc(-n3c4ccccc4c4c5c6ccccc6n(-c6ccc7c(c6)-c6ccccc6C7(C)C)c5ccc43)nc(-n3c4ccccc4c4c5c6ccccc6n(-c6ccc7c(c6)-c6ccccc6C7(C)C)c5ccc43)c2)c2c(C)cc(C)cc2C)c(C)c1. The average Bonchev–Trinajstić information content (AvgIpc) is 1.55. The van der Waals surface area contributed by atoms with Crippen molar-refractivity contribution in [2.24, 2.45) is 0 Å². The topological polar surface area (TPSA) is 32.6 Å². The second kappa shape index (κ2) is 19.8. The number of pyridine rings is 1. The van der Waals surface area contributed by atoms with Gasteiger partial charge in [-0.2, -0.15) is 0 Å². The molecular formula is C89H70BN5. The van der Waals surface area contributed by atoms with Gasteiger partial charge in [0.25, 0.3) is 0 Å². The van der Waals surface area contributed by atoms with E-state index in [1.807, 2.05) is 0 Å². The molecule has 19 rings (SSSR count). The predicted molar refractivity (Wildman–Crippen MR) is 403 cm³/mol. The van der Waals surface area contributed by atoms with Gasteiger partial charge in [0.15, 0.2) is 0 Å². The van der Waals surface area contributed by atoms with Crippen LogP contribution in [0.15, 0.2) is 243 Å². The molecule has 0 bridgehead atoms. The highest BCUT2D eigenvalue weighted by molar-refractivity contribution is 6.96. The summed E-state index contributed by atoms with van der Waals surface area (Å²) in [6.07, 6.45) is 0. The fourth-order valence-electron chi connectivity index (χ4n) is 18.5. The van der Waals surface area contributed by atoms with Crippen molar-refractivity contribution in [3.63, 3.8) is 0 Å². The van der Waals surface area contributed by atoms with Gasteiger partial charge in [0.05, 0.1) is 44.1 Å². The third-order valence-corrected chi connectivity index (χ3v) is 22.3. The summed E-state index contributed by atoms with van der Waals surface area (Å²) < 4.78 is 9.97. The molecule has 0 spiro atoms. The lowest BCUT2D eigenvalue weighted by Crippen LogP contribution is -2.56. The van der Waals surface area contributed by atoms with Crippen molar-refractivity contribution in [2.45, 2.75) is 80.1 Å². The van der Waals surface area contributed by atoms with Gasteiger partial charge in [-0.3, -0.25) is 9.13 Å². The molecule has 454 valence electrons. The number of aromatic nitrogens is 5. The van der Waals surface area contributed by atoms with E-state index >= 15 is 0 Å². The van der Waals surface area contributed by atoms with E-state index in [9.17, 15) is 0 Å². The normalized spacial score (nSPS) is 13.7. The summed E-state index contributed by atoms with van der Waals surface area (Å²) in [4.78, 5) is 6.14. The van der Waals surface area contributed by atoms with E-state index in [1.165, 1.54) is 159 Å². The number of para-hydroxylation sites is 4. The fourth-order valence-corrected chi connectivity index (χ4v) is 18.5. The Kier molecular flexibility index (Phi) is 11.6. The first-order chi connectivity index (χ1) is 46.1. The third-order valence-electron chi connectivity index (χ3n) is 22.3. The van der Waals surface area contributed by atoms with Gasteiger partial charge in [0.1, 0.15) is 11.6 Å². The van der Waals surface area contributed by atoms with Gasteiger partial charge in [0, 0.05) is 65.3 Å². The second-order valence-corrected chi connectivity index (χ2v) is 28.6. The van der Waals surface area contributed by atoms with Gasteiger partial charge in [0.2, 0.25) is 6.71 Å². The van der Waals surface area contributed by atoms with Crippen molar-refractivity contribution in [1.82, 2.24) is 23.3 Å². The van der Waals surface area contributed by atoms with Crippen LogP contribution in [0.4, 0.5) is 0 Å². The van der Waals surface area contributed by atoms with Crippen molar-refractivity contribution in [3.05, 3.63) is 298 Å². The summed E-state index contributed by atoms with van der Waals surface area (Å²) in [5.74, 6) is 1.73. The molecule has 0 amide bonds. The quantitative estimate of drug-likeness (QED) is 0.146. The predicted octanol–water partition coefficient (Wildman–Crippen LogP) is 20.4. The Morgan fingerprint density at radius 3 is 0.958 bits per heavy atom. The Labute approximate surface area is 553 Å². The lowest BCUT2D eigenvalue weighted by atomic mass is 9.34. The Morgan fingerprint density at radius 2 is 0.589 bits per heavy atom. The Bertz CT molecular complexity index is 5830. The number of fused-ring (bicyclic) bond motifs is 20. The van der Waals surface area contributed by atoms with Crippen LogP contribution >= 0.6 is 0 Å². The molecule has 5 aromatic heterocycles. The van der Waals surface area contributed by atoms with Crippen molar-refractivity contribution in [3.8, 4) is 45.3 Å². The molecule has 0 N–H and O–H groups in total. The van der Waals surface area contributed by atoms with Crippen molar-refractivity contribution in [1.29, 1.82) is 0 Å². The molecular weight excluding hydrogens is 1150 g/mol. The van der Waals surface area contributed by atoms with E-state index in [-0.39, 0.29) is 17.5 Å². The minimum Gasteiger partial charge on any atom is -0.309 e. The van der Waals surface area contributed by atoms with Crippen LogP contribution in [0.25, 0.3) is 132 Å². The summed E-state index contributed by atoms with van der Waals surface area (Å²) in [7, 11) is 0. The number of hydrogen-bond acceptors (Lipinski definition) is 1. The van der Waals surface area contributed by atoms with E-state index in [2.05, 4.69) is 330 Å². The zero-order valence-corrected chi connectivity index (χ0v) is 55.4.